The zero-order chi connectivity index (χ0) is 28.7. The van der Waals surface area contributed by atoms with Gasteiger partial charge >= 0.3 is 12.1 Å². The Morgan fingerprint density at radius 3 is 1.95 bits per heavy atom. The van der Waals surface area contributed by atoms with Crippen LogP contribution in [0.15, 0.2) is 91.0 Å². The van der Waals surface area contributed by atoms with E-state index in [1.807, 2.05) is 66.7 Å². The fourth-order valence-electron chi connectivity index (χ4n) is 5.10. The molecule has 1 aliphatic rings. The molecule has 7 nitrogen and oxygen atoms in total. The van der Waals surface area contributed by atoms with E-state index in [2.05, 4.69) is 24.3 Å². The number of carbonyl (C=O) groups excluding carboxylic acids is 3. The highest BCUT2D eigenvalue weighted by Gasteiger charge is 2.24. The van der Waals surface area contributed by atoms with Gasteiger partial charge in [0, 0.05) is 25.6 Å². The minimum atomic E-state index is -0.523. The number of benzene rings is 3. The van der Waals surface area contributed by atoms with Crippen molar-refractivity contribution >= 4 is 17.8 Å². The summed E-state index contributed by atoms with van der Waals surface area (Å²) in [6, 6.07) is 29.9. The van der Waals surface area contributed by atoms with Crippen molar-refractivity contribution in [2.75, 3.05) is 32.9 Å². The third-order valence-corrected chi connectivity index (χ3v) is 7.43. The fraction of sp³-hybridized carbons (Fsp3) is 0.382. The number of ether oxygens (including phenoxy) is 3. The molecular formula is C34H39NO6. The molecule has 1 fully saturated rings. The van der Waals surface area contributed by atoms with Gasteiger partial charge in [-0.05, 0) is 48.3 Å². The number of piperidine rings is 1. The SMILES string of the molecule is O=C(COCCC1CCN(C(=O)OCc2ccccc2)CC1)CC(=O)OCCC(c1ccccc1)c1ccccc1. The van der Waals surface area contributed by atoms with Crippen molar-refractivity contribution in [3.63, 3.8) is 0 Å². The Hall–Kier alpha value is -3.97. The topological polar surface area (TPSA) is 82.1 Å². The quantitative estimate of drug-likeness (QED) is 0.134. The van der Waals surface area contributed by atoms with Crippen LogP contribution < -0.4 is 0 Å². The van der Waals surface area contributed by atoms with E-state index in [0.29, 0.717) is 32.0 Å². The number of ketones is 1. The number of rotatable bonds is 14. The van der Waals surface area contributed by atoms with Crippen LogP contribution >= 0.6 is 0 Å². The lowest BCUT2D eigenvalue weighted by molar-refractivity contribution is -0.147. The predicted molar refractivity (Wildman–Crippen MR) is 156 cm³/mol. The Kier molecular flexibility index (Phi) is 11.9. The number of amides is 1. The first-order valence-corrected chi connectivity index (χ1v) is 14.4. The maximum Gasteiger partial charge on any atom is 0.410 e. The molecule has 1 amide bonds. The molecule has 0 aromatic heterocycles. The highest BCUT2D eigenvalue weighted by molar-refractivity contribution is 5.96. The van der Waals surface area contributed by atoms with Crippen molar-refractivity contribution < 1.29 is 28.6 Å². The Morgan fingerprint density at radius 2 is 1.34 bits per heavy atom. The lowest BCUT2D eigenvalue weighted by Crippen LogP contribution is -2.39. The smallest absolute Gasteiger partial charge is 0.410 e. The molecule has 4 rings (SSSR count). The number of hydrogen-bond donors (Lipinski definition) is 0. The average Bonchev–Trinajstić information content (AvgIpc) is 3.02. The number of nitrogens with zero attached hydrogens (tertiary/aromatic N) is 1. The predicted octanol–water partition coefficient (Wildman–Crippen LogP) is 6.17. The largest absolute Gasteiger partial charge is 0.465 e. The summed E-state index contributed by atoms with van der Waals surface area (Å²) in [6.07, 6.45) is 2.62. The Labute approximate surface area is 242 Å². The van der Waals surface area contributed by atoms with Crippen molar-refractivity contribution in [1.82, 2.24) is 4.90 Å². The fourth-order valence-corrected chi connectivity index (χ4v) is 5.10. The molecule has 7 heteroatoms. The Bertz CT molecular complexity index is 1170. The maximum atomic E-state index is 12.3. The second-order valence-electron chi connectivity index (χ2n) is 10.4. The van der Waals surface area contributed by atoms with Gasteiger partial charge in [-0.15, -0.1) is 0 Å². The second-order valence-corrected chi connectivity index (χ2v) is 10.4. The van der Waals surface area contributed by atoms with Crippen molar-refractivity contribution in [2.24, 2.45) is 5.92 Å². The summed E-state index contributed by atoms with van der Waals surface area (Å²) in [4.78, 5) is 38.6. The minimum Gasteiger partial charge on any atom is -0.465 e. The molecule has 0 radical (unpaired) electrons. The summed E-state index contributed by atoms with van der Waals surface area (Å²) in [5.74, 6) is -0.273. The van der Waals surface area contributed by atoms with E-state index in [4.69, 9.17) is 14.2 Å². The highest BCUT2D eigenvalue weighted by atomic mass is 16.6. The van der Waals surface area contributed by atoms with Crippen LogP contribution in [0.2, 0.25) is 0 Å². The first-order valence-electron chi connectivity index (χ1n) is 14.4. The Morgan fingerprint density at radius 1 is 0.756 bits per heavy atom. The number of Topliss-reactive ketones (excluding diaryl/α,β-unsaturated/α-hetero) is 1. The van der Waals surface area contributed by atoms with Crippen LogP contribution in [-0.2, 0) is 30.4 Å². The lowest BCUT2D eigenvalue weighted by Gasteiger charge is -2.31. The van der Waals surface area contributed by atoms with Crippen molar-refractivity contribution in [2.45, 2.75) is 44.6 Å². The van der Waals surface area contributed by atoms with Gasteiger partial charge in [0.1, 0.15) is 19.6 Å². The minimum absolute atomic E-state index is 0.101. The molecule has 3 aromatic rings. The molecule has 1 heterocycles. The third-order valence-electron chi connectivity index (χ3n) is 7.43. The summed E-state index contributed by atoms with van der Waals surface area (Å²) in [5.41, 5.74) is 3.29. The van der Waals surface area contributed by atoms with E-state index in [-0.39, 0.29) is 44.0 Å². The number of likely N-dealkylation sites (tertiary alicyclic amines) is 1. The van der Waals surface area contributed by atoms with Crippen molar-refractivity contribution in [1.29, 1.82) is 0 Å². The van der Waals surface area contributed by atoms with Crippen LogP contribution in [0.4, 0.5) is 4.79 Å². The van der Waals surface area contributed by atoms with Gasteiger partial charge in [-0.25, -0.2) is 4.79 Å². The molecule has 3 aromatic carbocycles. The Balaban J connectivity index is 1.07. The molecule has 0 N–H and O–H groups in total. The molecule has 0 spiro atoms. The van der Waals surface area contributed by atoms with E-state index < -0.39 is 5.97 Å². The summed E-state index contributed by atoms with van der Waals surface area (Å²) in [7, 11) is 0. The van der Waals surface area contributed by atoms with Gasteiger partial charge in [-0.2, -0.15) is 0 Å². The summed E-state index contributed by atoms with van der Waals surface area (Å²) >= 11 is 0. The van der Waals surface area contributed by atoms with Crippen LogP contribution in [0.25, 0.3) is 0 Å². The van der Waals surface area contributed by atoms with E-state index in [9.17, 15) is 14.4 Å². The maximum absolute atomic E-state index is 12.3. The molecule has 41 heavy (non-hydrogen) atoms. The van der Waals surface area contributed by atoms with Gasteiger partial charge in [0.15, 0.2) is 5.78 Å². The molecule has 216 valence electrons. The van der Waals surface area contributed by atoms with Crippen LogP contribution in [0.1, 0.15) is 54.7 Å². The zero-order valence-electron chi connectivity index (χ0n) is 23.5. The molecule has 0 aliphatic carbocycles. The second kappa shape index (κ2) is 16.3. The van der Waals surface area contributed by atoms with E-state index in [1.54, 1.807) is 4.90 Å². The monoisotopic (exact) mass is 557 g/mol. The summed E-state index contributed by atoms with van der Waals surface area (Å²) in [6.45, 7) is 2.16. The van der Waals surface area contributed by atoms with Crippen LogP contribution in [-0.4, -0.2) is 55.7 Å². The molecule has 1 saturated heterocycles. The van der Waals surface area contributed by atoms with Crippen LogP contribution in [0.3, 0.4) is 0 Å². The van der Waals surface area contributed by atoms with E-state index in [1.165, 1.54) is 0 Å². The van der Waals surface area contributed by atoms with E-state index in [0.717, 1.165) is 36.0 Å². The van der Waals surface area contributed by atoms with Crippen LogP contribution in [0, 0.1) is 5.92 Å². The molecule has 0 atom stereocenters. The first kappa shape index (κ1) is 30.0. The zero-order valence-corrected chi connectivity index (χ0v) is 23.5. The van der Waals surface area contributed by atoms with Crippen LogP contribution in [0.5, 0.6) is 0 Å². The molecule has 0 bridgehead atoms. The van der Waals surface area contributed by atoms with Gasteiger partial charge in [-0.1, -0.05) is 91.0 Å². The number of carbonyl (C=O) groups is 3. The third kappa shape index (κ3) is 10.2. The molecule has 0 saturated carbocycles. The molecule has 0 unspecified atom stereocenters. The van der Waals surface area contributed by atoms with Crippen molar-refractivity contribution in [3.05, 3.63) is 108 Å². The lowest BCUT2D eigenvalue weighted by atomic mass is 9.89. The average molecular weight is 558 g/mol. The van der Waals surface area contributed by atoms with Gasteiger partial charge in [-0.3, -0.25) is 9.59 Å². The number of esters is 1. The summed E-state index contributed by atoms with van der Waals surface area (Å²) in [5, 5.41) is 0. The van der Waals surface area contributed by atoms with Gasteiger partial charge in [0.25, 0.3) is 0 Å². The summed E-state index contributed by atoms with van der Waals surface area (Å²) < 4.78 is 16.4. The normalized spacial score (nSPS) is 13.6. The number of hydrogen-bond acceptors (Lipinski definition) is 6. The van der Waals surface area contributed by atoms with E-state index >= 15 is 0 Å². The van der Waals surface area contributed by atoms with Crippen molar-refractivity contribution in [3.8, 4) is 0 Å². The molecule has 1 aliphatic heterocycles. The van der Waals surface area contributed by atoms with Gasteiger partial charge < -0.3 is 19.1 Å². The molecular weight excluding hydrogens is 518 g/mol. The first-order chi connectivity index (χ1) is 20.1. The highest BCUT2D eigenvalue weighted by Crippen LogP contribution is 2.28. The van der Waals surface area contributed by atoms with Gasteiger partial charge in [0.05, 0.1) is 6.61 Å². The van der Waals surface area contributed by atoms with Gasteiger partial charge in [0.2, 0.25) is 0 Å². The standard InChI is InChI=1S/C34H39NO6/c36-31(24-33(37)40-23-19-32(29-12-6-2-7-13-29)30-14-8-3-9-15-30)26-39-22-18-27-16-20-35(21-17-27)34(38)41-25-28-10-4-1-5-11-28/h1-15,27,32H,16-26H2.